The smallest absolute Gasteiger partial charge is 0.330 e. The molecule has 0 unspecified atom stereocenters. The van der Waals surface area contributed by atoms with Crippen molar-refractivity contribution in [3.8, 4) is 0 Å². The molecule has 0 bridgehead atoms. The fourth-order valence-electron chi connectivity index (χ4n) is 2.99. The van der Waals surface area contributed by atoms with Crippen molar-refractivity contribution in [2.45, 2.75) is 87.0 Å². The monoisotopic (exact) mass is 376 g/mol. The maximum absolute atomic E-state index is 11.0. The van der Waals surface area contributed by atoms with E-state index in [0.29, 0.717) is 0 Å². The Morgan fingerprint density at radius 1 is 1.04 bits per heavy atom. The van der Waals surface area contributed by atoms with E-state index in [-0.39, 0.29) is 11.4 Å². The molecule has 2 nitrogen and oxygen atoms in total. The Hall–Kier alpha value is -1.57. The third-order valence-corrected chi connectivity index (χ3v) is 4.12. The highest BCUT2D eigenvalue weighted by molar-refractivity contribution is 5.86. The van der Waals surface area contributed by atoms with Gasteiger partial charge in [0.05, 0.1) is 7.11 Å². The molecule has 27 heavy (non-hydrogen) atoms. The van der Waals surface area contributed by atoms with Gasteiger partial charge in [-0.2, -0.15) is 0 Å². The summed E-state index contributed by atoms with van der Waals surface area (Å²) in [5.41, 5.74) is 2.55. The first-order valence-electron chi connectivity index (χ1n) is 10.5. The van der Waals surface area contributed by atoms with Crippen molar-refractivity contribution >= 4 is 12.0 Å². The lowest BCUT2D eigenvalue weighted by Gasteiger charge is -2.24. The van der Waals surface area contributed by atoms with Crippen LogP contribution < -0.4 is 0 Å². The molecule has 0 aliphatic heterocycles. The highest BCUT2D eigenvalue weighted by Gasteiger charge is 2.18. The normalized spacial score (nSPS) is 11.0. The first-order chi connectivity index (χ1) is 12.6. The van der Waals surface area contributed by atoms with E-state index in [9.17, 15) is 4.79 Å². The minimum absolute atomic E-state index is 0.208. The zero-order valence-corrected chi connectivity index (χ0v) is 19.6. The zero-order chi connectivity index (χ0) is 21.5. The maximum atomic E-state index is 11.0. The molecule has 0 aromatic heterocycles. The molecule has 2 heteroatoms. The van der Waals surface area contributed by atoms with Gasteiger partial charge < -0.3 is 4.74 Å². The van der Waals surface area contributed by atoms with Crippen LogP contribution in [0.3, 0.4) is 0 Å². The third-order valence-electron chi connectivity index (χ3n) is 4.12. The number of methoxy groups -OCH3 is 1. The van der Waals surface area contributed by atoms with Gasteiger partial charge in [0.1, 0.15) is 0 Å². The average molecular weight is 377 g/mol. The van der Waals surface area contributed by atoms with Crippen LogP contribution in [0, 0.1) is 11.8 Å². The Labute approximate surface area is 169 Å². The van der Waals surface area contributed by atoms with E-state index in [1.165, 1.54) is 38.0 Å². The summed E-state index contributed by atoms with van der Waals surface area (Å²) in [6.45, 7) is 19.8. The van der Waals surface area contributed by atoms with Crippen LogP contribution in [-0.4, -0.2) is 13.1 Å². The van der Waals surface area contributed by atoms with Crippen molar-refractivity contribution in [2.24, 2.45) is 11.8 Å². The van der Waals surface area contributed by atoms with Gasteiger partial charge in [-0.3, -0.25) is 0 Å². The van der Waals surface area contributed by atoms with Crippen molar-refractivity contribution in [3.63, 3.8) is 0 Å². The number of carbonyl (C=O) groups excluding carboxylic acids is 1. The highest BCUT2D eigenvalue weighted by Crippen LogP contribution is 2.28. The van der Waals surface area contributed by atoms with Gasteiger partial charge in [-0.1, -0.05) is 93.0 Å². The second-order valence-corrected chi connectivity index (χ2v) is 8.14. The largest absolute Gasteiger partial charge is 0.466 e. The Balaban J connectivity index is 0. The molecule has 0 atom stereocenters. The first kappa shape index (κ1) is 27.6. The summed E-state index contributed by atoms with van der Waals surface area (Å²) in [5, 5.41) is 0. The molecule has 1 aromatic carbocycles. The standard InChI is InChI=1S/C16H22O2.C7H16.C2H6/c1-5-12-16(2,3)14-9-6-13(7-10-14)8-11-15(17)18-4;1-6(2)5-7(3)4;1-2/h6-11H,5,12H2,1-4H3;6-7H,5H2,1-4H3;1-2H3/b11-8+;;. The summed E-state index contributed by atoms with van der Waals surface area (Å²) in [7, 11) is 1.38. The lowest BCUT2D eigenvalue weighted by molar-refractivity contribution is -0.134. The number of carbonyl (C=O) groups is 1. The van der Waals surface area contributed by atoms with Gasteiger partial charge in [-0.25, -0.2) is 4.79 Å². The summed E-state index contributed by atoms with van der Waals surface area (Å²) >= 11 is 0. The fraction of sp³-hybridized carbons (Fsp3) is 0.640. The predicted octanol–water partition coefficient (Wildman–Crippen LogP) is 7.67. The number of hydrogen-bond donors (Lipinski definition) is 0. The number of hydrogen-bond acceptors (Lipinski definition) is 2. The van der Waals surface area contributed by atoms with Crippen LogP contribution in [0.2, 0.25) is 0 Å². The summed E-state index contributed by atoms with van der Waals surface area (Å²) < 4.78 is 4.56. The quantitative estimate of drug-likeness (QED) is 0.360. The van der Waals surface area contributed by atoms with Crippen molar-refractivity contribution in [1.82, 2.24) is 0 Å². The molecular weight excluding hydrogens is 332 g/mol. The van der Waals surface area contributed by atoms with Crippen molar-refractivity contribution in [3.05, 3.63) is 41.5 Å². The predicted molar refractivity (Wildman–Crippen MR) is 121 cm³/mol. The van der Waals surface area contributed by atoms with Crippen molar-refractivity contribution in [2.75, 3.05) is 7.11 Å². The average Bonchev–Trinajstić information content (AvgIpc) is 2.61. The number of benzene rings is 1. The second-order valence-electron chi connectivity index (χ2n) is 8.14. The van der Waals surface area contributed by atoms with E-state index >= 15 is 0 Å². The van der Waals surface area contributed by atoms with Gasteiger partial charge in [0, 0.05) is 6.08 Å². The third kappa shape index (κ3) is 14.2. The Kier molecular flexibility index (Phi) is 15.9. The molecule has 0 saturated carbocycles. The molecule has 1 rings (SSSR count). The maximum Gasteiger partial charge on any atom is 0.330 e. The molecule has 1 aromatic rings. The summed E-state index contributed by atoms with van der Waals surface area (Å²) in [6, 6.07) is 8.33. The molecule has 0 heterocycles. The van der Waals surface area contributed by atoms with Crippen LogP contribution in [0.4, 0.5) is 0 Å². The van der Waals surface area contributed by atoms with Gasteiger partial charge in [0.15, 0.2) is 0 Å². The number of esters is 1. The van der Waals surface area contributed by atoms with Gasteiger partial charge in [-0.05, 0) is 47.3 Å². The van der Waals surface area contributed by atoms with E-state index in [4.69, 9.17) is 0 Å². The van der Waals surface area contributed by atoms with E-state index in [1.54, 1.807) is 6.08 Å². The molecule has 0 spiro atoms. The minimum atomic E-state index is -0.328. The molecule has 0 aliphatic rings. The van der Waals surface area contributed by atoms with Gasteiger partial charge in [-0.15, -0.1) is 0 Å². The summed E-state index contributed by atoms with van der Waals surface area (Å²) in [4.78, 5) is 11.0. The topological polar surface area (TPSA) is 26.3 Å². The van der Waals surface area contributed by atoms with Gasteiger partial charge >= 0.3 is 5.97 Å². The molecule has 0 aliphatic carbocycles. The first-order valence-corrected chi connectivity index (χ1v) is 10.5. The van der Waals surface area contributed by atoms with E-state index < -0.39 is 0 Å². The van der Waals surface area contributed by atoms with Crippen molar-refractivity contribution in [1.29, 1.82) is 0 Å². The van der Waals surface area contributed by atoms with Gasteiger partial charge in [0.25, 0.3) is 0 Å². The number of rotatable bonds is 7. The molecule has 0 N–H and O–H groups in total. The molecule has 0 saturated heterocycles. The number of ether oxygens (including phenoxy) is 1. The molecule has 0 radical (unpaired) electrons. The molecule has 156 valence electrons. The van der Waals surface area contributed by atoms with Gasteiger partial charge in [0.2, 0.25) is 0 Å². The summed E-state index contributed by atoms with van der Waals surface area (Å²) in [5.74, 6) is 1.42. The van der Waals surface area contributed by atoms with Crippen LogP contribution in [0.5, 0.6) is 0 Å². The molecule has 0 amide bonds. The second kappa shape index (κ2) is 15.5. The fourth-order valence-corrected chi connectivity index (χ4v) is 2.99. The van der Waals surface area contributed by atoms with E-state index in [0.717, 1.165) is 17.4 Å². The molecule has 0 fully saturated rings. The lowest BCUT2D eigenvalue weighted by Crippen LogP contribution is -2.16. The van der Waals surface area contributed by atoms with Crippen LogP contribution in [0.15, 0.2) is 30.3 Å². The Morgan fingerprint density at radius 3 is 1.85 bits per heavy atom. The summed E-state index contributed by atoms with van der Waals surface area (Å²) in [6.07, 6.45) is 6.91. The SMILES string of the molecule is CC.CC(C)CC(C)C.CCCC(C)(C)c1ccc(/C=C/C(=O)OC)cc1. The van der Waals surface area contributed by atoms with Crippen LogP contribution in [-0.2, 0) is 14.9 Å². The Bertz CT molecular complexity index is 502. The molecular formula is C25H44O2. The van der Waals surface area contributed by atoms with Crippen LogP contribution in [0.25, 0.3) is 6.08 Å². The highest BCUT2D eigenvalue weighted by atomic mass is 16.5. The van der Waals surface area contributed by atoms with Crippen molar-refractivity contribution < 1.29 is 9.53 Å². The van der Waals surface area contributed by atoms with E-state index in [1.807, 2.05) is 26.0 Å². The van der Waals surface area contributed by atoms with Crippen LogP contribution in [0.1, 0.15) is 92.7 Å². The zero-order valence-electron chi connectivity index (χ0n) is 19.6. The Morgan fingerprint density at radius 2 is 1.52 bits per heavy atom. The van der Waals surface area contributed by atoms with Crippen LogP contribution >= 0.6 is 0 Å². The lowest BCUT2D eigenvalue weighted by atomic mass is 9.80. The minimum Gasteiger partial charge on any atom is -0.466 e. The van der Waals surface area contributed by atoms with E-state index in [2.05, 4.69) is 65.3 Å².